The molecule has 1 saturated heterocycles. The Morgan fingerprint density at radius 2 is 1.72 bits per heavy atom. The Hall–Kier alpha value is -3.24. The lowest BCUT2D eigenvalue weighted by Crippen LogP contribution is -2.41. The largest absolute Gasteiger partial charge is 0.514 e. The number of para-hydroxylation sites is 1. The van der Waals surface area contributed by atoms with Crippen LogP contribution in [0.3, 0.4) is 0 Å². The van der Waals surface area contributed by atoms with Gasteiger partial charge in [-0.1, -0.05) is 23.4 Å². The Morgan fingerprint density at radius 1 is 1.06 bits per heavy atom. The number of pyridine rings is 1. The molecule has 10 heteroatoms. The van der Waals surface area contributed by atoms with Gasteiger partial charge in [0.15, 0.2) is 5.69 Å². The molecular weight excluding hydrogens is 409 g/mol. The summed E-state index contributed by atoms with van der Waals surface area (Å²) in [5, 5.41) is 11.0. The molecule has 0 spiro atoms. The first kappa shape index (κ1) is 22.0. The summed E-state index contributed by atoms with van der Waals surface area (Å²) < 4.78 is 19.1. The van der Waals surface area contributed by atoms with Gasteiger partial charge in [0.25, 0.3) is 5.91 Å². The summed E-state index contributed by atoms with van der Waals surface area (Å²) in [6.07, 6.45) is 0. The number of aromatic nitrogens is 4. The second kappa shape index (κ2) is 8.03. The Labute approximate surface area is 187 Å². The summed E-state index contributed by atoms with van der Waals surface area (Å²) in [6, 6.07) is 12.8. The number of carbonyl (C=O) groups is 1. The third-order valence-electron chi connectivity index (χ3n) is 5.87. The fraction of sp³-hybridized carbons (Fsp3) is 0.364. The number of nitrogens with one attached hydrogen (secondary N) is 1. The van der Waals surface area contributed by atoms with Crippen molar-refractivity contribution in [2.45, 2.75) is 45.8 Å². The topological polar surface area (TPSA) is 100 Å². The molecule has 4 rings (SSSR count). The van der Waals surface area contributed by atoms with Gasteiger partial charge in [-0.25, -0.2) is 9.67 Å². The first-order valence-corrected chi connectivity index (χ1v) is 10.3. The van der Waals surface area contributed by atoms with Gasteiger partial charge in [0, 0.05) is 0 Å². The predicted octanol–water partition coefficient (Wildman–Crippen LogP) is 2.53. The molecule has 1 fully saturated rings. The van der Waals surface area contributed by atoms with Crippen molar-refractivity contribution in [3.05, 3.63) is 53.9 Å². The number of aryl methyl sites for hydroxylation is 1. The average Bonchev–Trinajstić information content (AvgIpc) is 3.24. The zero-order valence-corrected chi connectivity index (χ0v) is 19.0. The number of hydrogen-bond donors (Lipinski definition) is 1. The van der Waals surface area contributed by atoms with Gasteiger partial charge in [0.2, 0.25) is 5.88 Å². The van der Waals surface area contributed by atoms with E-state index in [1.54, 1.807) is 19.1 Å². The molecule has 3 aromatic rings. The molecule has 1 aliphatic rings. The molecule has 1 N–H and O–H groups in total. The Bertz CT molecular complexity index is 1130. The van der Waals surface area contributed by atoms with Gasteiger partial charge >= 0.3 is 7.12 Å². The van der Waals surface area contributed by atoms with Gasteiger partial charge in [-0.3, -0.25) is 4.79 Å². The molecule has 1 aliphatic heterocycles. The predicted molar refractivity (Wildman–Crippen MR) is 121 cm³/mol. The Morgan fingerprint density at radius 3 is 2.34 bits per heavy atom. The molecule has 9 nitrogen and oxygen atoms in total. The minimum atomic E-state index is -0.635. The van der Waals surface area contributed by atoms with Gasteiger partial charge in [-0.15, -0.1) is 5.10 Å². The lowest BCUT2D eigenvalue weighted by Gasteiger charge is -2.32. The van der Waals surface area contributed by atoms with Crippen molar-refractivity contribution in [2.75, 3.05) is 12.4 Å². The third kappa shape index (κ3) is 3.87. The normalized spacial score (nSPS) is 16.8. The summed E-state index contributed by atoms with van der Waals surface area (Å²) in [4.78, 5) is 17.6. The van der Waals surface area contributed by atoms with Crippen LogP contribution in [0.25, 0.3) is 5.69 Å². The molecule has 0 bridgehead atoms. The highest BCUT2D eigenvalue weighted by Crippen LogP contribution is 2.36. The molecule has 1 aromatic carbocycles. The van der Waals surface area contributed by atoms with Crippen LogP contribution < -0.4 is 15.6 Å². The summed E-state index contributed by atoms with van der Waals surface area (Å²) in [6.45, 7) is 9.64. The van der Waals surface area contributed by atoms with E-state index in [9.17, 15) is 4.79 Å². The molecule has 3 heterocycles. The standard InChI is InChI=1S/C22H26BN5O4/c1-14-18(28(27-26-14)15-10-8-7-9-11-15)19(29)24-16-12-13-17(25-20(16)30-6)23-31-21(2,3)22(4,5)32-23/h7-13H,1-6H3,(H,24,29). The van der Waals surface area contributed by atoms with Crippen LogP contribution in [0.1, 0.15) is 43.9 Å². The number of carbonyl (C=O) groups excluding carboxylic acids is 1. The third-order valence-corrected chi connectivity index (χ3v) is 5.87. The van der Waals surface area contributed by atoms with Crippen molar-refractivity contribution < 1.29 is 18.8 Å². The van der Waals surface area contributed by atoms with Crippen LogP contribution >= 0.6 is 0 Å². The summed E-state index contributed by atoms with van der Waals surface area (Å²) in [5.74, 6) is -0.123. The van der Waals surface area contributed by atoms with E-state index in [0.717, 1.165) is 5.69 Å². The van der Waals surface area contributed by atoms with Crippen molar-refractivity contribution in [3.8, 4) is 11.6 Å². The quantitative estimate of drug-likeness (QED) is 0.615. The zero-order valence-electron chi connectivity index (χ0n) is 19.0. The average molecular weight is 435 g/mol. The number of anilines is 1. The zero-order chi connectivity index (χ0) is 23.1. The minimum absolute atomic E-state index is 0.252. The number of nitrogens with zero attached hydrogens (tertiary/aromatic N) is 4. The van der Waals surface area contributed by atoms with E-state index in [0.29, 0.717) is 22.7 Å². The van der Waals surface area contributed by atoms with Gasteiger partial charge < -0.3 is 19.4 Å². The molecular formula is C22H26BN5O4. The molecule has 0 atom stereocenters. The first-order valence-electron chi connectivity index (χ1n) is 10.3. The highest BCUT2D eigenvalue weighted by atomic mass is 16.7. The van der Waals surface area contributed by atoms with Crippen LogP contribution in [0.5, 0.6) is 5.88 Å². The van der Waals surface area contributed by atoms with E-state index in [2.05, 4.69) is 20.6 Å². The number of amides is 1. The van der Waals surface area contributed by atoms with E-state index >= 15 is 0 Å². The molecule has 1 amide bonds. The summed E-state index contributed by atoms with van der Waals surface area (Å²) in [5.41, 5.74) is 1.57. The molecule has 0 aliphatic carbocycles. The second-order valence-electron chi connectivity index (χ2n) is 8.61. The van der Waals surface area contributed by atoms with Gasteiger partial charge in [-0.05, 0) is 58.9 Å². The maximum absolute atomic E-state index is 13.1. The molecule has 2 aromatic heterocycles. The fourth-order valence-electron chi connectivity index (χ4n) is 3.35. The molecule has 0 saturated carbocycles. The van der Waals surface area contributed by atoms with E-state index in [4.69, 9.17) is 14.0 Å². The van der Waals surface area contributed by atoms with Crippen LogP contribution in [0.15, 0.2) is 42.5 Å². The smallest absolute Gasteiger partial charge is 0.480 e. The van der Waals surface area contributed by atoms with Crippen LogP contribution in [0.4, 0.5) is 5.69 Å². The lowest BCUT2D eigenvalue weighted by atomic mass is 9.84. The maximum Gasteiger partial charge on any atom is 0.514 e. The number of benzene rings is 1. The van der Waals surface area contributed by atoms with Gasteiger partial charge in [0.1, 0.15) is 5.69 Å². The number of methoxy groups -OCH3 is 1. The second-order valence-corrected chi connectivity index (χ2v) is 8.61. The SMILES string of the molecule is COc1nc(B2OC(C)(C)C(C)(C)O2)ccc1NC(=O)c1c(C)nnn1-c1ccccc1. The monoisotopic (exact) mass is 435 g/mol. The van der Waals surface area contributed by atoms with Crippen LogP contribution in [-0.4, -0.2) is 51.3 Å². The molecule has 166 valence electrons. The lowest BCUT2D eigenvalue weighted by molar-refractivity contribution is 0.00578. The summed E-state index contributed by atoms with van der Waals surface area (Å²) in [7, 11) is 0.858. The molecule has 0 radical (unpaired) electrons. The maximum atomic E-state index is 13.1. The highest BCUT2D eigenvalue weighted by molar-refractivity contribution is 6.61. The van der Waals surface area contributed by atoms with Crippen molar-refractivity contribution in [3.63, 3.8) is 0 Å². The van der Waals surface area contributed by atoms with Crippen molar-refractivity contribution in [1.29, 1.82) is 0 Å². The van der Waals surface area contributed by atoms with Crippen molar-refractivity contribution in [2.24, 2.45) is 0 Å². The van der Waals surface area contributed by atoms with Crippen LogP contribution in [-0.2, 0) is 9.31 Å². The Balaban J connectivity index is 1.60. The van der Waals surface area contributed by atoms with Crippen molar-refractivity contribution in [1.82, 2.24) is 20.0 Å². The first-order chi connectivity index (χ1) is 15.1. The van der Waals surface area contributed by atoms with E-state index < -0.39 is 18.3 Å². The molecule has 0 unspecified atom stereocenters. The van der Waals surface area contributed by atoms with E-state index in [-0.39, 0.29) is 11.8 Å². The van der Waals surface area contributed by atoms with Gasteiger partial charge in [-0.2, -0.15) is 0 Å². The van der Waals surface area contributed by atoms with Crippen LogP contribution in [0, 0.1) is 6.92 Å². The van der Waals surface area contributed by atoms with E-state index in [1.807, 2.05) is 58.0 Å². The number of rotatable bonds is 5. The molecule has 32 heavy (non-hydrogen) atoms. The van der Waals surface area contributed by atoms with Crippen LogP contribution in [0.2, 0.25) is 0 Å². The minimum Gasteiger partial charge on any atom is -0.480 e. The van der Waals surface area contributed by atoms with Gasteiger partial charge in [0.05, 0.1) is 35.3 Å². The Kier molecular flexibility index (Phi) is 5.52. The fourth-order valence-corrected chi connectivity index (χ4v) is 3.35. The van der Waals surface area contributed by atoms with E-state index in [1.165, 1.54) is 11.8 Å². The van der Waals surface area contributed by atoms with Crippen molar-refractivity contribution >= 4 is 24.3 Å². The summed E-state index contributed by atoms with van der Waals surface area (Å²) >= 11 is 0. The number of hydrogen-bond acceptors (Lipinski definition) is 7. The highest BCUT2D eigenvalue weighted by Gasteiger charge is 2.52. The number of ether oxygens (including phenoxy) is 1.